The molecule has 1 amide bonds. The minimum absolute atomic E-state index is 0.0255. The Morgan fingerprint density at radius 1 is 1.57 bits per heavy atom. The summed E-state index contributed by atoms with van der Waals surface area (Å²) in [5.41, 5.74) is 0. The van der Waals surface area contributed by atoms with Gasteiger partial charge in [0.15, 0.2) is 0 Å². The molecule has 0 aliphatic carbocycles. The third kappa shape index (κ3) is 2.45. The van der Waals surface area contributed by atoms with Crippen molar-refractivity contribution in [1.82, 2.24) is 10.2 Å². The van der Waals surface area contributed by atoms with Crippen molar-refractivity contribution in [3.8, 4) is 0 Å². The predicted octanol–water partition coefficient (Wildman–Crippen LogP) is 0.579. The smallest absolute Gasteiger partial charge is 0.240 e. The van der Waals surface area contributed by atoms with Gasteiger partial charge in [-0.05, 0) is 19.8 Å². The molecule has 4 heteroatoms. The maximum Gasteiger partial charge on any atom is 0.240 e. The molecule has 0 aromatic heterocycles. The van der Waals surface area contributed by atoms with Crippen LogP contribution in [0.4, 0.5) is 0 Å². The first-order chi connectivity index (χ1) is 6.70. The molecule has 0 radical (unpaired) electrons. The van der Waals surface area contributed by atoms with Gasteiger partial charge < -0.3 is 9.64 Å². The minimum atomic E-state index is -0.0255. The van der Waals surface area contributed by atoms with Gasteiger partial charge in [0.1, 0.15) is 0 Å². The van der Waals surface area contributed by atoms with Crippen molar-refractivity contribution in [3.05, 3.63) is 0 Å². The largest absolute Gasteiger partial charge is 0.385 e. The molecular formula is C10H20N2O2. The number of ether oxygens (including phenoxy) is 1. The quantitative estimate of drug-likeness (QED) is 0.660. The zero-order chi connectivity index (χ0) is 10.6. The van der Waals surface area contributed by atoms with Crippen molar-refractivity contribution in [3.63, 3.8) is 0 Å². The average molecular weight is 200 g/mol. The number of carbonyl (C=O) groups excluding carboxylic acids is 1. The second-order valence-corrected chi connectivity index (χ2v) is 3.69. The molecule has 82 valence electrons. The zero-order valence-electron chi connectivity index (χ0n) is 9.25. The molecule has 2 unspecified atom stereocenters. The number of hydrogen-bond donors (Lipinski definition) is 1. The van der Waals surface area contributed by atoms with Crippen LogP contribution >= 0.6 is 0 Å². The van der Waals surface area contributed by atoms with Crippen molar-refractivity contribution in [2.75, 3.05) is 20.3 Å². The summed E-state index contributed by atoms with van der Waals surface area (Å²) in [6, 6.07) is -0.0255. The average Bonchev–Trinajstić information content (AvgIpc) is 2.45. The van der Waals surface area contributed by atoms with Gasteiger partial charge in [-0.2, -0.15) is 0 Å². The number of methoxy groups -OCH3 is 1. The van der Waals surface area contributed by atoms with E-state index in [0.717, 1.165) is 19.4 Å². The molecule has 0 saturated carbocycles. The first-order valence-corrected chi connectivity index (χ1v) is 5.26. The lowest BCUT2D eigenvalue weighted by Gasteiger charge is -2.22. The fourth-order valence-electron chi connectivity index (χ4n) is 1.84. The van der Waals surface area contributed by atoms with E-state index in [1.165, 1.54) is 0 Å². The molecule has 0 aromatic rings. The molecule has 4 nitrogen and oxygen atoms in total. The Hall–Kier alpha value is -0.610. The van der Waals surface area contributed by atoms with Crippen LogP contribution in [0.5, 0.6) is 0 Å². The Bertz CT molecular complexity index is 197. The van der Waals surface area contributed by atoms with E-state index < -0.39 is 0 Å². The van der Waals surface area contributed by atoms with E-state index in [1.807, 2.05) is 11.8 Å². The van der Waals surface area contributed by atoms with Crippen LogP contribution in [0.15, 0.2) is 0 Å². The van der Waals surface area contributed by atoms with E-state index in [4.69, 9.17) is 4.74 Å². The third-order valence-electron chi connectivity index (χ3n) is 2.61. The molecule has 1 aliphatic heterocycles. The minimum Gasteiger partial charge on any atom is -0.385 e. The second-order valence-electron chi connectivity index (χ2n) is 3.69. The molecule has 1 aliphatic rings. The SMILES string of the molecule is CCC1NC(C)C(=O)N1CCCOC. The van der Waals surface area contributed by atoms with Crippen LogP contribution in [0, 0.1) is 0 Å². The molecule has 2 atom stereocenters. The van der Waals surface area contributed by atoms with Gasteiger partial charge in [-0.1, -0.05) is 6.92 Å². The molecule has 1 heterocycles. The number of nitrogens with one attached hydrogen (secondary N) is 1. The van der Waals surface area contributed by atoms with Crippen LogP contribution < -0.4 is 5.32 Å². The Kier molecular flexibility index (Phi) is 4.35. The molecule has 0 aromatic carbocycles. The van der Waals surface area contributed by atoms with Gasteiger partial charge in [-0.3, -0.25) is 10.1 Å². The van der Waals surface area contributed by atoms with Crippen LogP contribution in [-0.2, 0) is 9.53 Å². The van der Waals surface area contributed by atoms with Crippen LogP contribution in [0.3, 0.4) is 0 Å². The number of rotatable bonds is 5. The second kappa shape index (κ2) is 5.32. The standard InChI is InChI=1S/C10H20N2O2/c1-4-9-11-8(2)10(13)12(9)6-5-7-14-3/h8-9,11H,4-7H2,1-3H3. The molecule has 0 spiro atoms. The van der Waals surface area contributed by atoms with Gasteiger partial charge >= 0.3 is 0 Å². The van der Waals surface area contributed by atoms with Gasteiger partial charge in [0.05, 0.1) is 12.2 Å². The lowest BCUT2D eigenvalue weighted by atomic mass is 10.3. The number of nitrogens with zero attached hydrogens (tertiary/aromatic N) is 1. The first kappa shape index (κ1) is 11.5. The fourth-order valence-corrected chi connectivity index (χ4v) is 1.84. The Balaban J connectivity index is 2.43. The van der Waals surface area contributed by atoms with Crippen molar-refractivity contribution in [1.29, 1.82) is 0 Å². The van der Waals surface area contributed by atoms with Gasteiger partial charge in [0.25, 0.3) is 0 Å². The predicted molar refractivity (Wildman–Crippen MR) is 54.9 cm³/mol. The normalized spacial score (nSPS) is 27.4. The highest BCUT2D eigenvalue weighted by molar-refractivity contribution is 5.83. The highest BCUT2D eigenvalue weighted by Gasteiger charge is 2.34. The Morgan fingerprint density at radius 3 is 2.86 bits per heavy atom. The van der Waals surface area contributed by atoms with E-state index in [9.17, 15) is 4.79 Å². The number of hydrogen-bond acceptors (Lipinski definition) is 3. The van der Waals surface area contributed by atoms with Gasteiger partial charge in [0.2, 0.25) is 5.91 Å². The third-order valence-corrected chi connectivity index (χ3v) is 2.61. The highest BCUT2D eigenvalue weighted by atomic mass is 16.5. The Morgan fingerprint density at radius 2 is 2.29 bits per heavy atom. The molecule has 1 fully saturated rings. The fraction of sp³-hybridized carbons (Fsp3) is 0.900. The lowest BCUT2D eigenvalue weighted by molar-refractivity contribution is -0.129. The van der Waals surface area contributed by atoms with Crippen LogP contribution in [0.2, 0.25) is 0 Å². The van der Waals surface area contributed by atoms with E-state index in [-0.39, 0.29) is 18.1 Å². The number of amides is 1. The van der Waals surface area contributed by atoms with E-state index >= 15 is 0 Å². The van der Waals surface area contributed by atoms with Crippen molar-refractivity contribution in [2.45, 2.75) is 38.9 Å². The summed E-state index contributed by atoms with van der Waals surface area (Å²) in [6.45, 7) is 5.52. The summed E-state index contributed by atoms with van der Waals surface area (Å²) in [5.74, 6) is 0.216. The highest BCUT2D eigenvalue weighted by Crippen LogP contribution is 2.13. The van der Waals surface area contributed by atoms with Crippen molar-refractivity contribution >= 4 is 5.91 Å². The molecule has 0 bridgehead atoms. The van der Waals surface area contributed by atoms with Crippen molar-refractivity contribution < 1.29 is 9.53 Å². The lowest BCUT2D eigenvalue weighted by Crippen LogP contribution is -2.37. The summed E-state index contributed by atoms with van der Waals surface area (Å²) < 4.78 is 4.97. The van der Waals surface area contributed by atoms with Crippen molar-refractivity contribution in [2.24, 2.45) is 0 Å². The van der Waals surface area contributed by atoms with Gasteiger partial charge in [-0.15, -0.1) is 0 Å². The molecule has 1 saturated heterocycles. The Labute approximate surface area is 85.6 Å². The maximum atomic E-state index is 11.7. The first-order valence-electron chi connectivity index (χ1n) is 5.26. The van der Waals surface area contributed by atoms with Crippen LogP contribution in [-0.4, -0.2) is 43.3 Å². The summed E-state index contributed by atoms with van der Waals surface area (Å²) in [4.78, 5) is 13.6. The van der Waals surface area contributed by atoms with Crippen LogP contribution in [0.1, 0.15) is 26.7 Å². The van der Waals surface area contributed by atoms with E-state index in [2.05, 4.69) is 12.2 Å². The van der Waals surface area contributed by atoms with Gasteiger partial charge in [0, 0.05) is 20.3 Å². The molecule has 1 rings (SSSR count). The monoisotopic (exact) mass is 200 g/mol. The van der Waals surface area contributed by atoms with Crippen LogP contribution in [0.25, 0.3) is 0 Å². The molecule has 14 heavy (non-hydrogen) atoms. The summed E-state index contributed by atoms with van der Waals surface area (Å²) in [7, 11) is 1.68. The zero-order valence-corrected chi connectivity index (χ0v) is 9.25. The molecule has 1 N–H and O–H groups in total. The molecular weight excluding hydrogens is 180 g/mol. The maximum absolute atomic E-state index is 11.7. The number of carbonyl (C=O) groups is 1. The van der Waals surface area contributed by atoms with E-state index in [0.29, 0.717) is 6.61 Å². The van der Waals surface area contributed by atoms with Gasteiger partial charge in [-0.25, -0.2) is 0 Å². The summed E-state index contributed by atoms with van der Waals surface area (Å²) >= 11 is 0. The topological polar surface area (TPSA) is 41.6 Å². The summed E-state index contributed by atoms with van der Waals surface area (Å²) in [5, 5.41) is 3.27. The van der Waals surface area contributed by atoms with E-state index in [1.54, 1.807) is 7.11 Å². The summed E-state index contributed by atoms with van der Waals surface area (Å²) in [6.07, 6.45) is 2.09.